The highest BCUT2D eigenvalue weighted by molar-refractivity contribution is 6.33. The number of carbonyl (C=O) groups is 1. The molecule has 3 nitrogen and oxygen atoms in total. The molecule has 0 amide bonds. The van der Waals surface area contributed by atoms with Crippen molar-refractivity contribution in [2.45, 2.75) is 38.1 Å². The molecule has 20 heavy (non-hydrogen) atoms. The lowest BCUT2D eigenvalue weighted by atomic mass is 9.94. The Kier molecular flexibility index (Phi) is 5.07. The summed E-state index contributed by atoms with van der Waals surface area (Å²) in [6.07, 6.45) is 9.00. The van der Waals surface area contributed by atoms with E-state index in [1.807, 2.05) is 18.2 Å². The van der Waals surface area contributed by atoms with E-state index in [-0.39, 0.29) is 0 Å². The van der Waals surface area contributed by atoms with E-state index in [0.29, 0.717) is 11.1 Å². The first-order valence-corrected chi connectivity index (χ1v) is 7.39. The molecule has 1 saturated carbocycles. The van der Waals surface area contributed by atoms with Crippen LogP contribution in [0.4, 0.5) is 5.69 Å². The molecule has 0 spiro atoms. The fraction of sp³-hybridized carbons (Fsp3) is 0.438. The van der Waals surface area contributed by atoms with Crippen molar-refractivity contribution in [2.24, 2.45) is 0 Å². The van der Waals surface area contributed by atoms with Crippen LogP contribution in [0, 0.1) is 0 Å². The number of aliphatic carboxylic acids is 1. The first-order chi connectivity index (χ1) is 9.58. The van der Waals surface area contributed by atoms with Crippen molar-refractivity contribution in [3.05, 3.63) is 34.9 Å². The molecular weight excluding hydrogens is 274 g/mol. The minimum atomic E-state index is -0.954. The molecule has 108 valence electrons. The Hall–Kier alpha value is -1.48. The van der Waals surface area contributed by atoms with Gasteiger partial charge in [-0.2, -0.15) is 0 Å². The topological polar surface area (TPSA) is 40.5 Å². The Morgan fingerprint density at radius 1 is 1.35 bits per heavy atom. The minimum Gasteiger partial charge on any atom is -0.478 e. The number of hydrogen-bond donors (Lipinski definition) is 1. The molecule has 4 heteroatoms. The minimum absolute atomic E-state index is 0.557. The second kappa shape index (κ2) is 6.80. The third-order valence-electron chi connectivity index (χ3n) is 3.89. The molecule has 1 aliphatic carbocycles. The van der Waals surface area contributed by atoms with Crippen LogP contribution >= 0.6 is 11.6 Å². The van der Waals surface area contributed by atoms with Gasteiger partial charge in [0.1, 0.15) is 0 Å². The maximum Gasteiger partial charge on any atom is 0.328 e. The van der Waals surface area contributed by atoms with E-state index in [4.69, 9.17) is 16.7 Å². The average Bonchev–Trinajstić information content (AvgIpc) is 2.45. The third kappa shape index (κ3) is 3.76. The Balaban J connectivity index is 2.14. The number of halogens is 1. The van der Waals surface area contributed by atoms with Crippen LogP contribution in [0.5, 0.6) is 0 Å². The zero-order valence-corrected chi connectivity index (χ0v) is 12.4. The van der Waals surface area contributed by atoms with Crippen LogP contribution in [0.3, 0.4) is 0 Å². The van der Waals surface area contributed by atoms with E-state index in [1.165, 1.54) is 32.1 Å². The van der Waals surface area contributed by atoms with Crippen molar-refractivity contribution < 1.29 is 9.90 Å². The van der Waals surface area contributed by atoms with Gasteiger partial charge in [-0.25, -0.2) is 4.79 Å². The highest BCUT2D eigenvalue weighted by atomic mass is 35.5. The predicted molar refractivity (Wildman–Crippen MR) is 83.4 cm³/mol. The Bertz CT molecular complexity index is 507. The van der Waals surface area contributed by atoms with E-state index >= 15 is 0 Å². The molecule has 0 saturated heterocycles. The molecule has 0 unspecified atom stereocenters. The lowest BCUT2D eigenvalue weighted by molar-refractivity contribution is -0.131. The number of benzene rings is 1. The lowest BCUT2D eigenvalue weighted by Gasteiger charge is -2.33. The van der Waals surface area contributed by atoms with Crippen LogP contribution in [0.25, 0.3) is 6.08 Å². The molecule has 0 aliphatic heterocycles. The van der Waals surface area contributed by atoms with Gasteiger partial charge in [0.05, 0.1) is 10.7 Å². The van der Waals surface area contributed by atoms with Gasteiger partial charge >= 0.3 is 5.97 Å². The molecule has 1 aromatic rings. The van der Waals surface area contributed by atoms with Crippen molar-refractivity contribution in [1.29, 1.82) is 0 Å². The molecule has 0 heterocycles. The van der Waals surface area contributed by atoms with E-state index in [9.17, 15) is 4.79 Å². The summed E-state index contributed by atoms with van der Waals surface area (Å²) in [6.45, 7) is 0. The van der Waals surface area contributed by atoms with E-state index in [1.54, 1.807) is 6.08 Å². The van der Waals surface area contributed by atoms with Gasteiger partial charge in [-0.05, 0) is 36.6 Å². The molecule has 0 bridgehead atoms. The SMILES string of the molecule is CN(c1ccc(/C=C/C(=O)O)cc1Cl)C1CCCCC1. The summed E-state index contributed by atoms with van der Waals surface area (Å²) in [5, 5.41) is 9.30. The lowest BCUT2D eigenvalue weighted by Crippen LogP contribution is -2.33. The van der Waals surface area contributed by atoms with Crippen LogP contribution in [-0.4, -0.2) is 24.2 Å². The van der Waals surface area contributed by atoms with E-state index in [2.05, 4.69) is 11.9 Å². The number of anilines is 1. The van der Waals surface area contributed by atoms with Gasteiger partial charge in [-0.15, -0.1) is 0 Å². The summed E-state index contributed by atoms with van der Waals surface area (Å²) in [6, 6.07) is 6.25. The summed E-state index contributed by atoms with van der Waals surface area (Å²) in [5.74, 6) is -0.954. The number of carboxylic acid groups (broad SMARTS) is 1. The Morgan fingerprint density at radius 3 is 2.65 bits per heavy atom. The Labute approximate surface area is 124 Å². The second-order valence-corrected chi connectivity index (χ2v) is 5.69. The number of hydrogen-bond acceptors (Lipinski definition) is 2. The highest BCUT2D eigenvalue weighted by Crippen LogP contribution is 2.31. The summed E-state index contributed by atoms with van der Waals surface area (Å²) >= 11 is 6.34. The van der Waals surface area contributed by atoms with Gasteiger partial charge < -0.3 is 10.0 Å². The van der Waals surface area contributed by atoms with Gasteiger partial charge in [0.25, 0.3) is 0 Å². The van der Waals surface area contributed by atoms with Crippen LogP contribution in [0.1, 0.15) is 37.7 Å². The summed E-state index contributed by atoms with van der Waals surface area (Å²) in [7, 11) is 2.09. The number of rotatable bonds is 4. The fourth-order valence-corrected chi connectivity index (χ4v) is 3.07. The second-order valence-electron chi connectivity index (χ2n) is 5.29. The molecule has 1 fully saturated rings. The fourth-order valence-electron chi connectivity index (χ4n) is 2.75. The predicted octanol–water partition coefficient (Wildman–Crippen LogP) is 4.21. The summed E-state index contributed by atoms with van der Waals surface area (Å²) < 4.78 is 0. The van der Waals surface area contributed by atoms with E-state index < -0.39 is 5.97 Å². The third-order valence-corrected chi connectivity index (χ3v) is 4.20. The van der Waals surface area contributed by atoms with Gasteiger partial charge in [0.15, 0.2) is 0 Å². The zero-order valence-electron chi connectivity index (χ0n) is 11.7. The quantitative estimate of drug-likeness (QED) is 0.846. The molecule has 1 N–H and O–H groups in total. The van der Waals surface area contributed by atoms with Gasteiger partial charge in [-0.3, -0.25) is 0 Å². The van der Waals surface area contributed by atoms with Crippen molar-refractivity contribution in [2.75, 3.05) is 11.9 Å². The molecule has 0 atom stereocenters. The van der Waals surface area contributed by atoms with Crippen molar-refractivity contribution in [1.82, 2.24) is 0 Å². The number of nitrogens with zero attached hydrogens (tertiary/aromatic N) is 1. The van der Waals surface area contributed by atoms with Crippen LogP contribution in [0.15, 0.2) is 24.3 Å². The standard InChI is InChI=1S/C16H20ClNO2/c1-18(13-5-3-2-4-6-13)15-9-7-12(11-14(15)17)8-10-16(19)20/h7-11,13H,2-6H2,1H3,(H,19,20)/b10-8+. The molecule has 2 rings (SSSR count). The monoisotopic (exact) mass is 293 g/mol. The summed E-state index contributed by atoms with van der Waals surface area (Å²) in [5.41, 5.74) is 1.82. The first kappa shape index (κ1) is 14.9. The maximum atomic E-state index is 10.5. The molecule has 0 aromatic heterocycles. The molecular formula is C16H20ClNO2. The highest BCUT2D eigenvalue weighted by Gasteiger charge is 2.19. The van der Waals surface area contributed by atoms with Crippen LogP contribution in [-0.2, 0) is 4.79 Å². The molecule has 1 aromatic carbocycles. The van der Waals surface area contributed by atoms with Gasteiger partial charge in [0, 0.05) is 19.2 Å². The molecule has 0 radical (unpaired) electrons. The van der Waals surface area contributed by atoms with E-state index in [0.717, 1.165) is 17.3 Å². The van der Waals surface area contributed by atoms with Gasteiger partial charge in [0.2, 0.25) is 0 Å². The van der Waals surface area contributed by atoms with Crippen molar-refractivity contribution in [3.63, 3.8) is 0 Å². The number of carboxylic acids is 1. The maximum absolute atomic E-state index is 10.5. The first-order valence-electron chi connectivity index (χ1n) is 7.01. The zero-order chi connectivity index (χ0) is 14.5. The van der Waals surface area contributed by atoms with Gasteiger partial charge in [-0.1, -0.05) is 36.9 Å². The van der Waals surface area contributed by atoms with Crippen molar-refractivity contribution in [3.8, 4) is 0 Å². The van der Waals surface area contributed by atoms with Crippen LogP contribution in [0.2, 0.25) is 5.02 Å². The summed E-state index contributed by atoms with van der Waals surface area (Å²) in [4.78, 5) is 12.8. The largest absolute Gasteiger partial charge is 0.478 e. The smallest absolute Gasteiger partial charge is 0.328 e. The Morgan fingerprint density at radius 2 is 2.05 bits per heavy atom. The normalized spacial score (nSPS) is 16.5. The van der Waals surface area contributed by atoms with Crippen LogP contribution < -0.4 is 4.90 Å². The van der Waals surface area contributed by atoms with Crippen molar-refractivity contribution >= 4 is 29.3 Å². The molecule has 1 aliphatic rings. The average molecular weight is 294 g/mol.